The van der Waals surface area contributed by atoms with E-state index in [0.717, 1.165) is 18.6 Å². The van der Waals surface area contributed by atoms with Gasteiger partial charge in [0.15, 0.2) is 0 Å². The number of carbonyl (C=O) groups excluding carboxylic acids is 1. The zero-order valence-electron chi connectivity index (χ0n) is 14.7. The first kappa shape index (κ1) is 17.9. The molecular formula is C18H30N2O3. The van der Waals surface area contributed by atoms with Gasteiger partial charge in [-0.3, -0.25) is 0 Å². The molecule has 0 aliphatic heterocycles. The lowest BCUT2D eigenvalue weighted by Gasteiger charge is -2.25. The quantitative estimate of drug-likeness (QED) is 0.769. The Morgan fingerprint density at radius 2 is 2.17 bits per heavy atom. The van der Waals surface area contributed by atoms with Gasteiger partial charge in [0.2, 0.25) is 0 Å². The van der Waals surface area contributed by atoms with Crippen LogP contribution in [0, 0.1) is 5.92 Å². The van der Waals surface area contributed by atoms with Crippen LogP contribution in [0.3, 0.4) is 0 Å². The smallest absolute Gasteiger partial charge is 0.407 e. The molecule has 1 amide bonds. The fourth-order valence-electron chi connectivity index (χ4n) is 2.63. The summed E-state index contributed by atoms with van der Waals surface area (Å²) in [7, 11) is 0. The Bertz CT molecular complexity index is 475. The molecule has 0 spiro atoms. The summed E-state index contributed by atoms with van der Waals surface area (Å²) < 4.78 is 10.7. The number of rotatable bonds is 8. The lowest BCUT2D eigenvalue weighted by Crippen LogP contribution is -2.47. The lowest BCUT2D eigenvalue weighted by molar-refractivity contribution is 0.0520. The van der Waals surface area contributed by atoms with E-state index in [-0.39, 0.29) is 6.09 Å². The van der Waals surface area contributed by atoms with E-state index in [1.807, 2.05) is 32.9 Å². The zero-order valence-corrected chi connectivity index (χ0v) is 14.7. The molecule has 5 heteroatoms. The van der Waals surface area contributed by atoms with Crippen molar-refractivity contribution in [3.8, 4) is 0 Å². The van der Waals surface area contributed by atoms with Gasteiger partial charge in [0.25, 0.3) is 0 Å². The molecule has 1 aromatic heterocycles. The van der Waals surface area contributed by atoms with E-state index in [1.165, 1.54) is 12.8 Å². The van der Waals surface area contributed by atoms with Crippen LogP contribution in [0.4, 0.5) is 4.79 Å². The molecule has 0 saturated heterocycles. The van der Waals surface area contributed by atoms with Crippen LogP contribution in [0.5, 0.6) is 0 Å². The maximum absolute atomic E-state index is 11.8. The molecule has 0 radical (unpaired) electrons. The van der Waals surface area contributed by atoms with Crippen LogP contribution in [0.25, 0.3) is 0 Å². The monoisotopic (exact) mass is 322 g/mol. The number of ether oxygens (including phenoxy) is 1. The van der Waals surface area contributed by atoms with Crippen LogP contribution in [-0.2, 0) is 11.2 Å². The molecular weight excluding hydrogens is 292 g/mol. The minimum atomic E-state index is -0.455. The Balaban J connectivity index is 1.72. The molecule has 130 valence electrons. The van der Waals surface area contributed by atoms with Gasteiger partial charge in [-0.1, -0.05) is 0 Å². The fourth-order valence-corrected chi connectivity index (χ4v) is 2.63. The van der Waals surface area contributed by atoms with Gasteiger partial charge >= 0.3 is 6.09 Å². The van der Waals surface area contributed by atoms with Crippen molar-refractivity contribution in [1.29, 1.82) is 0 Å². The normalized spacial score (nSPS) is 17.6. The highest BCUT2D eigenvalue weighted by molar-refractivity contribution is 5.67. The Hall–Kier alpha value is -1.49. The summed E-state index contributed by atoms with van der Waals surface area (Å²) in [6.45, 7) is 8.43. The van der Waals surface area contributed by atoms with Crippen LogP contribution in [0.1, 0.15) is 52.7 Å². The first-order valence-electron chi connectivity index (χ1n) is 8.59. The number of alkyl carbamates (subject to hydrolysis) is 1. The van der Waals surface area contributed by atoms with E-state index < -0.39 is 5.60 Å². The SMILES string of the molecule is CC(CCc1ccco1)NC(CNC(=O)OC(C)(C)C)C1CC1. The molecule has 2 N–H and O–H groups in total. The molecule has 1 aliphatic carbocycles. The lowest BCUT2D eigenvalue weighted by atomic mass is 10.1. The van der Waals surface area contributed by atoms with Crippen LogP contribution in [0.15, 0.2) is 22.8 Å². The van der Waals surface area contributed by atoms with Crippen molar-refractivity contribution in [2.45, 2.75) is 71.1 Å². The highest BCUT2D eigenvalue weighted by atomic mass is 16.6. The van der Waals surface area contributed by atoms with Crippen molar-refractivity contribution in [3.63, 3.8) is 0 Å². The molecule has 2 rings (SSSR count). The predicted octanol–water partition coefficient (Wildman–Crippen LogP) is 3.49. The van der Waals surface area contributed by atoms with E-state index >= 15 is 0 Å². The second-order valence-corrected chi connectivity index (χ2v) is 7.51. The highest BCUT2D eigenvalue weighted by Crippen LogP contribution is 2.32. The van der Waals surface area contributed by atoms with Gasteiger partial charge in [-0.05, 0) is 65.0 Å². The standard InChI is InChI=1S/C18H30N2O3/c1-13(7-10-15-6-5-11-22-15)20-16(14-8-9-14)12-19-17(21)23-18(2,3)4/h5-6,11,13-14,16,20H,7-10,12H2,1-4H3,(H,19,21). The Morgan fingerprint density at radius 1 is 1.43 bits per heavy atom. The summed E-state index contributed by atoms with van der Waals surface area (Å²) in [6, 6.07) is 4.63. The molecule has 2 atom stereocenters. The number of hydrogen-bond donors (Lipinski definition) is 2. The van der Waals surface area contributed by atoms with Crippen molar-refractivity contribution in [2.75, 3.05) is 6.54 Å². The van der Waals surface area contributed by atoms with E-state index in [0.29, 0.717) is 24.5 Å². The van der Waals surface area contributed by atoms with Crippen LogP contribution < -0.4 is 10.6 Å². The van der Waals surface area contributed by atoms with Crippen LogP contribution in [-0.4, -0.2) is 30.3 Å². The van der Waals surface area contributed by atoms with Gasteiger partial charge in [0.05, 0.1) is 6.26 Å². The zero-order chi connectivity index (χ0) is 16.9. The summed E-state index contributed by atoms with van der Waals surface area (Å²) >= 11 is 0. The third kappa shape index (κ3) is 7.08. The molecule has 1 heterocycles. The average Bonchev–Trinajstić information content (AvgIpc) is 3.15. The predicted molar refractivity (Wildman–Crippen MR) is 90.4 cm³/mol. The second-order valence-electron chi connectivity index (χ2n) is 7.51. The van der Waals surface area contributed by atoms with Crippen molar-refractivity contribution in [1.82, 2.24) is 10.6 Å². The second kappa shape index (κ2) is 7.86. The van der Waals surface area contributed by atoms with E-state index in [9.17, 15) is 4.79 Å². The van der Waals surface area contributed by atoms with Gasteiger partial charge in [0, 0.05) is 25.0 Å². The third-order valence-corrected chi connectivity index (χ3v) is 3.96. The Labute approximate surface area is 139 Å². The first-order valence-corrected chi connectivity index (χ1v) is 8.59. The fraction of sp³-hybridized carbons (Fsp3) is 0.722. The van der Waals surface area contributed by atoms with Crippen LogP contribution >= 0.6 is 0 Å². The number of hydrogen-bond acceptors (Lipinski definition) is 4. The summed E-state index contributed by atoms with van der Waals surface area (Å²) in [4.78, 5) is 11.8. The van der Waals surface area contributed by atoms with Crippen molar-refractivity contribution in [2.24, 2.45) is 5.92 Å². The molecule has 1 aliphatic rings. The Morgan fingerprint density at radius 3 is 2.74 bits per heavy atom. The number of nitrogens with one attached hydrogen (secondary N) is 2. The molecule has 1 aromatic rings. The molecule has 0 aromatic carbocycles. The topological polar surface area (TPSA) is 63.5 Å². The summed E-state index contributed by atoms with van der Waals surface area (Å²) in [5.41, 5.74) is -0.455. The molecule has 2 unspecified atom stereocenters. The van der Waals surface area contributed by atoms with Gasteiger partial charge in [-0.15, -0.1) is 0 Å². The Kier molecular flexibility index (Phi) is 6.10. The maximum Gasteiger partial charge on any atom is 0.407 e. The number of furan rings is 1. The van der Waals surface area contributed by atoms with Gasteiger partial charge in [0.1, 0.15) is 11.4 Å². The largest absolute Gasteiger partial charge is 0.469 e. The van der Waals surface area contributed by atoms with Crippen LogP contribution in [0.2, 0.25) is 0 Å². The maximum atomic E-state index is 11.8. The summed E-state index contributed by atoms with van der Waals surface area (Å²) in [5.74, 6) is 1.68. The van der Waals surface area contributed by atoms with Crippen molar-refractivity contribution in [3.05, 3.63) is 24.2 Å². The van der Waals surface area contributed by atoms with Crippen molar-refractivity contribution < 1.29 is 13.9 Å². The molecule has 0 bridgehead atoms. The van der Waals surface area contributed by atoms with Gasteiger partial charge in [-0.2, -0.15) is 0 Å². The van der Waals surface area contributed by atoms with Gasteiger partial charge in [-0.25, -0.2) is 4.79 Å². The summed E-state index contributed by atoms with van der Waals surface area (Å²) in [6.07, 6.45) is 5.79. The summed E-state index contributed by atoms with van der Waals surface area (Å²) in [5, 5.41) is 6.54. The van der Waals surface area contributed by atoms with E-state index in [1.54, 1.807) is 6.26 Å². The van der Waals surface area contributed by atoms with E-state index in [2.05, 4.69) is 17.6 Å². The minimum Gasteiger partial charge on any atom is -0.469 e. The molecule has 1 saturated carbocycles. The minimum absolute atomic E-state index is 0.314. The first-order chi connectivity index (χ1) is 10.8. The third-order valence-electron chi connectivity index (χ3n) is 3.96. The van der Waals surface area contributed by atoms with E-state index in [4.69, 9.17) is 9.15 Å². The number of carbonyl (C=O) groups is 1. The average molecular weight is 322 g/mol. The van der Waals surface area contributed by atoms with Gasteiger partial charge < -0.3 is 19.8 Å². The molecule has 5 nitrogen and oxygen atoms in total. The highest BCUT2D eigenvalue weighted by Gasteiger charge is 2.32. The number of amides is 1. The molecule has 23 heavy (non-hydrogen) atoms. The van der Waals surface area contributed by atoms with Crippen molar-refractivity contribution >= 4 is 6.09 Å². The molecule has 1 fully saturated rings. The number of aryl methyl sites for hydroxylation is 1.